The Morgan fingerprint density at radius 1 is 1.32 bits per heavy atom. The lowest BCUT2D eigenvalue weighted by Crippen LogP contribution is -2.10. The summed E-state index contributed by atoms with van der Waals surface area (Å²) in [7, 11) is 0. The summed E-state index contributed by atoms with van der Waals surface area (Å²) in [6.07, 6.45) is 11.3. The Morgan fingerprint density at radius 2 is 2.14 bits per heavy atom. The van der Waals surface area contributed by atoms with Gasteiger partial charge in [-0.3, -0.25) is 0 Å². The number of rotatable bonds is 3. The van der Waals surface area contributed by atoms with Gasteiger partial charge in [-0.15, -0.1) is 0 Å². The first-order valence-corrected chi connectivity index (χ1v) is 8.08. The molecular weight excluding hydrogens is 278 g/mol. The van der Waals surface area contributed by atoms with Crippen molar-refractivity contribution in [3.63, 3.8) is 0 Å². The number of aromatic nitrogens is 4. The van der Waals surface area contributed by atoms with Crippen LogP contribution in [0.2, 0.25) is 0 Å². The summed E-state index contributed by atoms with van der Waals surface area (Å²) < 4.78 is 7.58. The monoisotopic (exact) mass is 299 g/mol. The van der Waals surface area contributed by atoms with E-state index in [4.69, 9.17) is 10.5 Å². The Morgan fingerprint density at radius 3 is 2.86 bits per heavy atom. The molecule has 1 fully saturated rings. The lowest BCUT2D eigenvalue weighted by Gasteiger charge is -2.10. The Bertz CT molecular complexity index is 729. The molecule has 0 saturated heterocycles. The molecule has 22 heavy (non-hydrogen) atoms. The Kier molecular flexibility index (Phi) is 3.24. The van der Waals surface area contributed by atoms with Gasteiger partial charge in [0.2, 0.25) is 11.8 Å². The van der Waals surface area contributed by atoms with Crippen LogP contribution in [0.3, 0.4) is 0 Å². The molecule has 3 heterocycles. The Hall–Kier alpha value is -2.11. The van der Waals surface area contributed by atoms with Gasteiger partial charge in [0.05, 0.1) is 12.3 Å². The van der Waals surface area contributed by atoms with Crippen molar-refractivity contribution in [1.82, 2.24) is 19.6 Å². The lowest BCUT2D eigenvalue weighted by atomic mass is 10.00. The van der Waals surface area contributed by atoms with Crippen molar-refractivity contribution in [1.29, 1.82) is 0 Å². The second-order valence-electron chi connectivity index (χ2n) is 6.40. The van der Waals surface area contributed by atoms with E-state index in [1.807, 2.05) is 19.2 Å². The fourth-order valence-corrected chi connectivity index (χ4v) is 3.50. The third-order valence-corrected chi connectivity index (χ3v) is 4.63. The summed E-state index contributed by atoms with van der Waals surface area (Å²) >= 11 is 0. The number of anilines is 1. The van der Waals surface area contributed by atoms with Crippen molar-refractivity contribution >= 4 is 17.4 Å². The maximum Gasteiger partial charge on any atom is 0.224 e. The van der Waals surface area contributed by atoms with Gasteiger partial charge < -0.3 is 10.5 Å². The summed E-state index contributed by atoms with van der Waals surface area (Å²) in [5, 5.41) is 4.49. The average Bonchev–Trinajstić information content (AvgIpc) is 3.21. The molecule has 2 aliphatic rings. The second-order valence-corrected chi connectivity index (χ2v) is 6.40. The van der Waals surface area contributed by atoms with Crippen LogP contribution < -0.4 is 5.73 Å². The van der Waals surface area contributed by atoms with Gasteiger partial charge in [-0.25, -0.2) is 0 Å². The van der Waals surface area contributed by atoms with Gasteiger partial charge in [-0.2, -0.15) is 19.6 Å². The van der Waals surface area contributed by atoms with E-state index >= 15 is 0 Å². The summed E-state index contributed by atoms with van der Waals surface area (Å²) in [5.74, 6) is 2.43. The number of nitrogen functional groups attached to an aromatic ring is 1. The minimum absolute atomic E-state index is 0.176. The van der Waals surface area contributed by atoms with Gasteiger partial charge in [0.1, 0.15) is 0 Å². The normalized spacial score (nSPS) is 22.2. The molecule has 1 unspecified atom stereocenters. The highest BCUT2D eigenvalue weighted by atomic mass is 16.5. The van der Waals surface area contributed by atoms with Gasteiger partial charge in [0.25, 0.3) is 0 Å². The van der Waals surface area contributed by atoms with Crippen LogP contribution in [0.1, 0.15) is 50.4 Å². The molecule has 6 nitrogen and oxygen atoms in total. The molecular formula is C16H21N5O. The average molecular weight is 299 g/mol. The van der Waals surface area contributed by atoms with Crippen LogP contribution in [-0.2, 0) is 11.2 Å². The number of hydrogen-bond donors (Lipinski definition) is 1. The van der Waals surface area contributed by atoms with Crippen molar-refractivity contribution in [2.24, 2.45) is 5.92 Å². The molecule has 1 saturated carbocycles. The molecule has 2 aromatic rings. The summed E-state index contributed by atoms with van der Waals surface area (Å²) in [5.41, 5.74) is 7.90. The fourth-order valence-electron chi connectivity index (χ4n) is 3.50. The summed E-state index contributed by atoms with van der Waals surface area (Å²) in [6.45, 7) is 2.04. The van der Waals surface area contributed by atoms with E-state index in [2.05, 4.69) is 15.1 Å². The number of hydrogen-bond acceptors (Lipinski definition) is 5. The van der Waals surface area contributed by atoms with Crippen molar-refractivity contribution in [3.05, 3.63) is 23.7 Å². The van der Waals surface area contributed by atoms with Gasteiger partial charge in [0.15, 0.2) is 11.4 Å². The molecule has 0 radical (unpaired) electrons. The van der Waals surface area contributed by atoms with Crippen molar-refractivity contribution in [2.45, 2.75) is 51.6 Å². The summed E-state index contributed by atoms with van der Waals surface area (Å²) in [4.78, 5) is 8.75. The fraction of sp³-hybridized carbons (Fsp3) is 0.562. The predicted octanol–water partition coefficient (Wildman–Crippen LogP) is 2.59. The zero-order valence-electron chi connectivity index (χ0n) is 12.8. The second kappa shape index (κ2) is 5.26. The van der Waals surface area contributed by atoms with E-state index in [0.29, 0.717) is 5.82 Å². The topological polar surface area (TPSA) is 78.3 Å². The highest BCUT2D eigenvalue weighted by Crippen LogP contribution is 2.30. The van der Waals surface area contributed by atoms with Gasteiger partial charge in [-0.1, -0.05) is 25.7 Å². The van der Waals surface area contributed by atoms with E-state index in [0.717, 1.165) is 35.7 Å². The first-order chi connectivity index (χ1) is 10.7. The van der Waals surface area contributed by atoms with Gasteiger partial charge in [0, 0.05) is 12.0 Å². The van der Waals surface area contributed by atoms with Crippen molar-refractivity contribution in [2.75, 3.05) is 5.73 Å². The van der Waals surface area contributed by atoms with Crippen LogP contribution in [0, 0.1) is 5.92 Å². The molecule has 116 valence electrons. The maximum atomic E-state index is 5.92. The molecule has 0 spiro atoms. The van der Waals surface area contributed by atoms with E-state index in [-0.39, 0.29) is 12.1 Å². The van der Waals surface area contributed by atoms with Crippen LogP contribution >= 0.6 is 0 Å². The van der Waals surface area contributed by atoms with Crippen LogP contribution in [0.15, 0.2) is 12.3 Å². The third kappa shape index (κ3) is 2.32. The number of fused-ring (bicyclic) bond motifs is 1. The van der Waals surface area contributed by atoms with Crippen LogP contribution in [0.25, 0.3) is 11.4 Å². The van der Waals surface area contributed by atoms with Gasteiger partial charge in [-0.05, 0) is 25.3 Å². The minimum atomic E-state index is 0.176. The first kappa shape index (κ1) is 13.5. The first-order valence-electron chi connectivity index (χ1n) is 8.08. The lowest BCUT2D eigenvalue weighted by molar-refractivity contribution is 0.208. The van der Waals surface area contributed by atoms with E-state index in [1.54, 1.807) is 4.52 Å². The maximum absolute atomic E-state index is 5.92. The quantitative estimate of drug-likeness (QED) is 0.942. The number of nitrogens with zero attached hydrogens (tertiary/aromatic N) is 4. The molecule has 1 aliphatic heterocycles. The largest absolute Gasteiger partial charge is 0.487 e. The van der Waals surface area contributed by atoms with Crippen molar-refractivity contribution < 1.29 is 4.74 Å². The molecule has 0 amide bonds. The predicted molar refractivity (Wildman–Crippen MR) is 84.0 cm³/mol. The van der Waals surface area contributed by atoms with Crippen LogP contribution in [-0.4, -0.2) is 25.7 Å². The number of nitrogens with two attached hydrogens (primary N) is 1. The van der Waals surface area contributed by atoms with Crippen LogP contribution in [0.5, 0.6) is 0 Å². The highest BCUT2D eigenvalue weighted by molar-refractivity contribution is 5.61. The van der Waals surface area contributed by atoms with E-state index in [9.17, 15) is 0 Å². The van der Waals surface area contributed by atoms with E-state index < -0.39 is 0 Å². The smallest absolute Gasteiger partial charge is 0.224 e. The van der Waals surface area contributed by atoms with Gasteiger partial charge >= 0.3 is 0 Å². The molecule has 1 aliphatic carbocycles. The SMILES string of the molecule is CC1CC=C(c2nc(N)nc3c(CC4CCCC4)cnn23)O1. The van der Waals surface area contributed by atoms with Crippen molar-refractivity contribution in [3.8, 4) is 0 Å². The molecule has 6 heteroatoms. The summed E-state index contributed by atoms with van der Waals surface area (Å²) in [6, 6.07) is 0. The standard InChI is InChI=1S/C16H21N5O/c1-10-6-7-13(22-10)15-20-16(17)19-14-12(9-18-21(14)15)8-11-4-2-3-5-11/h7,9-11H,2-6,8H2,1H3,(H2,17,19). The highest BCUT2D eigenvalue weighted by Gasteiger charge is 2.23. The van der Waals surface area contributed by atoms with Crippen LogP contribution in [0.4, 0.5) is 5.95 Å². The Labute approximate surface area is 129 Å². The zero-order chi connectivity index (χ0) is 15.1. The number of ether oxygens (including phenoxy) is 1. The molecule has 2 N–H and O–H groups in total. The molecule has 0 bridgehead atoms. The zero-order valence-corrected chi connectivity index (χ0v) is 12.8. The molecule has 2 aromatic heterocycles. The van der Waals surface area contributed by atoms with E-state index in [1.165, 1.54) is 25.7 Å². The third-order valence-electron chi connectivity index (χ3n) is 4.63. The Balaban J connectivity index is 1.74. The molecule has 4 rings (SSSR count). The molecule has 1 atom stereocenters. The molecule has 0 aromatic carbocycles. The minimum Gasteiger partial charge on any atom is -0.487 e.